The summed E-state index contributed by atoms with van der Waals surface area (Å²) in [5.74, 6) is 0. The lowest BCUT2D eigenvalue weighted by atomic mass is 9.99. The zero-order valence-electron chi connectivity index (χ0n) is 11.8. The number of hydrogen-bond donors (Lipinski definition) is 0. The molecule has 0 amide bonds. The maximum atomic E-state index is 3.58. The number of alkyl halides is 1. The molecule has 0 spiro atoms. The molecule has 1 aromatic carbocycles. The average molecular weight is 310 g/mol. The number of halogens is 1. The third-order valence-corrected chi connectivity index (χ3v) is 4.60. The Morgan fingerprint density at radius 2 is 1.89 bits per heavy atom. The van der Waals surface area contributed by atoms with Crippen molar-refractivity contribution in [3.8, 4) is 0 Å². The number of rotatable bonds is 4. The Bertz CT molecular complexity index is 391. The van der Waals surface area contributed by atoms with Gasteiger partial charge >= 0.3 is 0 Å². The molecule has 0 saturated carbocycles. The van der Waals surface area contributed by atoms with Crippen molar-refractivity contribution in [2.45, 2.75) is 52.6 Å². The molecular weight excluding hydrogens is 286 g/mol. The molecule has 1 fully saturated rings. The largest absolute Gasteiger partial charge is 0.296 e. The minimum Gasteiger partial charge on any atom is -0.296 e. The Hall–Kier alpha value is -0.340. The lowest BCUT2D eigenvalue weighted by molar-refractivity contribution is 0.240. The molecule has 1 heterocycles. The van der Waals surface area contributed by atoms with E-state index >= 15 is 0 Å². The molecule has 18 heavy (non-hydrogen) atoms. The second kappa shape index (κ2) is 6.21. The van der Waals surface area contributed by atoms with E-state index in [1.807, 2.05) is 0 Å². The van der Waals surface area contributed by atoms with Gasteiger partial charge in [0.2, 0.25) is 0 Å². The van der Waals surface area contributed by atoms with Gasteiger partial charge < -0.3 is 0 Å². The van der Waals surface area contributed by atoms with E-state index in [9.17, 15) is 0 Å². The third-order valence-electron chi connectivity index (χ3n) is 4.14. The first-order valence-corrected chi connectivity index (χ1v) is 8.10. The number of nitrogens with zero attached hydrogens (tertiary/aromatic N) is 1. The van der Waals surface area contributed by atoms with E-state index in [-0.39, 0.29) is 0 Å². The summed E-state index contributed by atoms with van der Waals surface area (Å²) in [5.41, 5.74) is 5.84. The number of hydrogen-bond acceptors (Lipinski definition) is 1. The molecule has 100 valence electrons. The summed E-state index contributed by atoms with van der Waals surface area (Å²) in [6.07, 6.45) is 4.02. The maximum absolute atomic E-state index is 3.58. The van der Waals surface area contributed by atoms with Crippen LogP contribution in [0.2, 0.25) is 0 Å². The van der Waals surface area contributed by atoms with Crippen molar-refractivity contribution in [2.24, 2.45) is 0 Å². The van der Waals surface area contributed by atoms with Crippen LogP contribution in [0.25, 0.3) is 0 Å². The van der Waals surface area contributed by atoms with E-state index in [2.05, 4.69) is 53.7 Å². The number of likely N-dealkylation sites (tertiary alicyclic amines) is 1. The molecule has 0 radical (unpaired) electrons. The zero-order valence-corrected chi connectivity index (χ0v) is 13.4. The van der Waals surface area contributed by atoms with Crippen molar-refractivity contribution >= 4 is 15.9 Å². The van der Waals surface area contributed by atoms with Crippen LogP contribution in [0, 0.1) is 20.8 Å². The highest BCUT2D eigenvalue weighted by Gasteiger charge is 2.24. The molecule has 1 aliphatic heterocycles. The third kappa shape index (κ3) is 3.16. The lowest BCUT2D eigenvalue weighted by Gasteiger charge is -2.25. The Labute approximate surface area is 120 Å². The Morgan fingerprint density at radius 1 is 1.22 bits per heavy atom. The first kappa shape index (κ1) is 14.1. The quantitative estimate of drug-likeness (QED) is 0.747. The van der Waals surface area contributed by atoms with Crippen LogP contribution in [0.3, 0.4) is 0 Å². The second-order valence-electron chi connectivity index (χ2n) is 5.62. The van der Waals surface area contributed by atoms with Crippen LogP contribution >= 0.6 is 15.9 Å². The molecule has 2 heteroatoms. The summed E-state index contributed by atoms with van der Waals surface area (Å²) in [7, 11) is 0. The highest BCUT2D eigenvalue weighted by molar-refractivity contribution is 9.09. The van der Waals surface area contributed by atoms with Crippen LogP contribution in [0.1, 0.15) is 41.5 Å². The molecular formula is C16H24BrN. The Balaban J connectivity index is 2.14. The van der Waals surface area contributed by atoms with E-state index in [1.54, 1.807) is 5.56 Å². The van der Waals surface area contributed by atoms with E-state index in [1.165, 1.54) is 42.5 Å². The van der Waals surface area contributed by atoms with Gasteiger partial charge in [0.1, 0.15) is 0 Å². The molecule has 0 bridgehead atoms. The molecule has 0 aliphatic carbocycles. The van der Waals surface area contributed by atoms with Crippen molar-refractivity contribution in [1.82, 2.24) is 4.90 Å². The van der Waals surface area contributed by atoms with E-state index in [0.717, 1.165) is 17.9 Å². The fraction of sp³-hybridized carbons (Fsp3) is 0.625. The normalized spacial score (nSPS) is 20.6. The zero-order chi connectivity index (χ0) is 13.1. The molecule has 0 N–H and O–H groups in total. The highest BCUT2D eigenvalue weighted by atomic mass is 79.9. The Morgan fingerprint density at radius 3 is 2.50 bits per heavy atom. The predicted octanol–water partition coefficient (Wildman–Crippen LogP) is 4.36. The highest BCUT2D eigenvalue weighted by Crippen LogP contribution is 2.26. The summed E-state index contributed by atoms with van der Waals surface area (Å²) in [6, 6.07) is 5.42. The van der Waals surface area contributed by atoms with Gasteiger partial charge in [-0.1, -0.05) is 33.6 Å². The molecule has 2 rings (SSSR count). The van der Waals surface area contributed by atoms with Gasteiger partial charge in [-0.25, -0.2) is 0 Å². The smallest absolute Gasteiger partial charge is 0.0241 e. The Kier molecular flexibility index (Phi) is 4.85. The van der Waals surface area contributed by atoms with Crippen LogP contribution in [-0.4, -0.2) is 22.8 Å². The minimum absolute atomic E-state index is 0.782. The van der Waals surface area contributed by atoms with E-state index in [4.69, 9.17) is 0 Å². The molecule has 1 aliphatic rings. The fourth-order valence-electron chi connectivity index (χ4n) is 3.22. The fourth-order valence-corrected chi connectivity index (χ4v) is 3.75. The van der Waals surface area contributed by atoms with Gasteiger partial charge in [-0.05, 0) is 63.3 Å². The van der Waals surface area contributed by atoms with Gasteiger partial charge in [0.15, 0.2) is 0 Å². The van der Waals surface area contributed by atoms with Crippen LogP contribution < -0.4 is 0 Å². The molecule has 1 saturated heterocycles. The van der Waals surface area contributed by atoms with Crippen LogP contribution in [0.15, 0.2) is 12.1 Å². The van der Waals surface area contributed by atoms with Gasteiger partial charge in [-0.15, -0.1) is 0 Å². The van der Waals surface area contributed by atoms with Crippen molar-refractivity contribution in [1.29, 1.82) is 0 Å². The van der Waals surface area contributed by atoms with Gasteiger partial charge in [0.05, 0.1) is 0 Å². The molecule has 1 unspecified atom stereocenters. The van der Waals surface area contributed by atoms with E-state index in [0.29, 0.717) is 0 Å². The monoisotopic (exact) mass is 309 g/mol. The van der Waals surface area contributed by atoms with Gasteiger partial charge in [-0.2, -0.15) is 0 Å². The van der Waals surface area contributed by atoms with Crippen LogP contribution in [0.4, 0.5) is 0 Å². The number of benzene rings is 1. The predicted molar refractivity (Wildman–Crippen MR) is 82.5 cm³/mol. The van der Waals surface area contributed by atoms with Crippen molar-refractivity contribution in [3.05, 3.63) is 34.4 Å². The second-order valence-corrected chi connectivity index (χ2v) is 6.41. The van der Waals surface area contributed by atoms with Gasteiger partial charge in [-0.3, -0.25) is 4.90 Å². The van der Waals surface area contributed by atoms with Crippen LogP contribution in [0.5, 0.6) is 0 Å². The topological polar surface area (TPSA) is 3.24 Å². The molecule has 0 aromatic heterocycles. The van der Waals surface area contributed by atoms with Gasteiger partial charge in [0.25, 0.3) is 0 Å². The SMILES string of the molecule is Cc1cc(C)c(CN2CCCC2CCBr)c(C)c1. The first-order chi connectivity index (χ1) is 8.61. The minimum atomic E-state index is 0.782. The summed E-state index contributed by atoms with van der Waals surface area (Å²) in [4.78, 5) is 2.67. The first-order valence-electron chi connectivity index (χ1n) is 6.98. The van der Waals surface area contributed by atoms with Crippen molar-refractivity contribution in [3.63, 3.8) is 0 Å². The summed E-state index contributed by atoms with van der Waals surface area (Å²) >= 11 is 3.58. The summed E-state index contributed by atoms with van der Waals surface area (Å²) in [5, 5.41) is 1.13. The summed E-state index contributed by atoms with van der Waals surface area (Å²) < 4.78 is 0. The molecule has 1 nitrogen and oxygen atoms in total. The van der Waals surface area contributed by atoms with Crippen molar-refractivity contribution in [2.75, 3.05) is 11.9 Å². The molecule has 1 aromatic rings. The molecule has 1 atom stereocenters. The maximum Gasteiger partial charge on any atom is 0.0241 e. The van der Waals surface area contributed by atoms with Gasteiger partial charge in [0, 0.05) is 17.9 Å². The van der Waals surface area contributed by atoms with Crippen molar-refractivity contribution < 1.29 is 0 Å². The van der Waals surface area contributed by atoms with Crippen LogP contribution in [-0.2, 0) is 6.54 Å². The summed E-state index contributed by atoms with van der Waals surface area (Å²) in [6.45, 7) is 9.10. The average Bonchev–Trinajstić information content (AvgIpc) is 2.71. The number of aryl methyl sites for hydroxylation is 3. The van der Waals surface area contributed by atoms with E-state index < -0.39 is 0 Å². The lowest BCUT2D eigenvalue weighted by Crippen LogP contribution is -2.29. The standard InChI is InChI=1S/C16H24BrN/c1-12-9-13(2)16(14(3)10-12)11-18-8-4-5-15(18)6-7-17/h9-10,15H,4-8,11H2,1-3H3.